The van der Waals surface area contributed by atoms with Crippen LogP contribution in [0.4, 0.5) is 0 Å². The monoisotopic (exact) mass is 661 g/mol. The van der Waals surface area contributed by atoms with Crippen molar-refractivity contribution in [3.63, 3.8) is 0 Å². The third-order valence-electron chi connectivity index (χ3n) is 8.85. The first kappa shape index (κ1) is 45.6. The number of aliphatic hydroxyl groups is 5. The minimum Gasteiger partial charge on any atom is -0.392 e. The smallest absolute Gasteiger partial charge is 0.0664 e. The van der Waals surface area contributed by atoms with Crippen LogP contribution in [0.5, 0.6) is 0 Å². The molecule has 9 heteroatoms. The first-order chi connectivity index (χ1) is 22.1. The zero-order valence-corrected chi connectivity index (χ0v) is 31.1. The molecule has 46 heavy (non-hydrogen) atoms. The molecule has 6 N–H and O–H groups in total. The fraction of sp³-hybridized carbons (Fsp3) is 1.00. The molecule has 0 spiro atoms. The lowest BCUT2D eigenvalue weighted by Gasteiger charge is -2.32. The fourth-order valence-electron chi connectivity index (χ4n) is 6.15. The average molecular weight is 661 g/mol. The van der Waals surface area contributed by atoms with Crippen molar-refractivity contribution in [2.24, 2.45) is 0 Å². The van der Waals surface area contributed by atoms with Gasteiger partial charge in [-0.2, -0.15) is 0 Å². The lowest BCUT2D eigenvalue weighted by atomic mass is 10.0. The van der Waals surface area contributed by atoms with Gasteiger partial charge in [-0.1, -0.05) is 104 Å². The van der Waals surface area contributed by atoms with Crippen molar-refractivity contribution in [3.05, 3.63) is 0 Å². The van der Waals surface area contributed by atoms with Crippen LogP contribution >= 0.6 is 0 Å². The van der Waals surface area contributed by atoms with Gasteiger partial charge in [0.25, 0.3) is 0 Å². The number of hydrogen-bond acceptors (Lipinski definition) is 9. The molecule has 0 aliphatic carbocycles. The molecule has 0 aromatic carbocycles. The van der Waals surface area contributed by atoms with Crippen molar-refractivity contribution in [2.45, 2.75) is 168 Å². The van der Waals surface area contributed by atoms with E-state index >= 15 is 0 Å². The maximum atomic E-state index is 10.5. The Balaban J connectivity index is 4.42. The van der Waals surface area contributed by atoms with Gasteiger partial charge in [0, 0.05) is 72.0 Å². The number of unbranched alkanes of at least 4 members (excludes halogenated alkanes) is 13. The van der Waals surface area contributed by atoms with Gasteiger partial charge in [-0.25, -0.2) is 0 Å². The Morgan fingerprint density at radius 1 is 0.457 bits per heavy atom. The predicted molar refractivity (Wildman–Crippen MR) is 194 cm³/mol. The Labute approximate surface area is 285 Å². The fourth-order valence-corrected chi connectivity index (χ4v) is 6.15. The van der Waals surface area contributed by atoms with E-state index in [1.54, 1.807) is 20.8 Å². The number of hydrogen-bond donors (Lipinski definition) is 6. The van der Waals surface area contributed by atoms with Gasteiger partial charge in [0.15, 0.2) is 0 Å². The van der Waals surface area contributed by atoms with Crippen molar-refractivity contribution >= 4 is 0 Å². The highest BCUT2D eigenvalue weighted by atomic mass is 16.3. The van der Waals surface area contributed by atoms with E-state index in [2.05, 4.69) is 26.9 Å². The first-order valence-electron chi connectivity index (χ1n) is 19.3. The molecule has 0 fully saturated rings. The Hall–Kier alpha value is -0.360. The van der Waals surface area contributed by atoms with Crippen LogP contribution in [0.3, 0.4) is 0 Å². The SMILES string of the molecule is CCCCCCCCCCCCCCCCC(O)CNCCN(CCN(CC(C)O)CC(C)O)CCN(CC(C)O)CC(O)CC. The first-order valence-corrected chi connectivity index (χ1v) is 19.3. The molecule has 0 saturated heterocycles. The minimum absolute atomic E-state index is 0.324. The number of aliphatic hydroxyl groups excluding tert-OH is 5. The largest absolute Gasteiger partial charge is 0.392 e. The van der Waals surface area contributed by atoms with Crippen LogP contribution in [0.1, 0.15) is 137 Å². The number of nitrogens with one attached hydrogen (secondary N) is 1. The second kappa shape index (κ2) is 31.9. The molecule has 0 heterocycles. The molecule has 0 aliphatic rings. The van der Waals surface area contributed by atoms with E-state index in [-0.39, 0.29) is 6.10 Å². The van der Waals surface area contributed by atoms with Crippen molar-refractivity contribution in [1.29, 1.82) is 0 Å². The van der Waals surface area contributed by atoms with Crippen molar-refractivity contribution in [3.8, 4) is 0 Å². The van der Waals surface area contributed by atoms with Gasteiger partial charge in [-0.05, 0) is 33.6 Å². The van der Waals surface area contributed by atoms with E-state index in [1.165, 1.54) is 83.5 Å². The topological polar surface area (TPSA) is 123 Å². The summed E-state index contributed by atoms with van der Waals surface area (Å²) in [6.45, 7) is 16.8. The van der Waals surface area contributed by atoms with Gasteiger partial charge in [0.1, 0.15) is 0 Å². The molecule has 9 nitrogen and oxygen atoms in total. The third-order valence-corrected chi connectivity index (χ3v) is 8.85. The van der Waals surface area contributed by atoms with Crippen LogP contribution in [0.15, 0.2) is 0 Å². The molecular formula is C37H80N4O5. The molecule has 0 amide bonds. The highest BCUT2D eigenvalue weighted by Gasteiger charge is 2.17. The summed E-state index contributed by atoms with van der Waals surface area (Å²) in [5.74, 6) is 0. The predicted octanol–water partition coefficient (Wildman–Crippen LogP) is 4.63. The van der Waals surface area contributed by atoms with E-state index in [0.717, 1.165) is 52.1 Å². The number of nitrogens with zero attached hydrogens (tertiary/aromatic N) is 3. The van der Waals surface area contributed by atoms with E-state index in [9.17, 15) is 25.5 Å². The van der Waals surface area contributed by atoms with Gasteiger partial charge < -0.3 is 30.8 Å². The Morgan fingerprint density at radius 3 is 1.26 bits per heavy atom. The lowest BCUT2D eigenvalue weighted by molar-refractivity contribution is 0.0612. The second-order valence-electron chi connectivity index (χ2n) is 14.2. The average Bonchev–Trinajstić information content (AvgIpc) is 2.99. The zero-order valence-electron chi connectivity index (χ0n) is 31.1. The third kappa shape index (κ3) is 30.9. The highest BCUT2D eigenvalue weighted by molar-refractivity contribution is 4.73. The Bertz CT molecular complexity index is 619. The van der Waals surface area contributed by atoms with E-state index in [0.29, 0.717) is 39.1 Å². The van der Waals surface area contributed by atoms with E-state index in [1.807, 2.05) is 6.92 Å². The molecule has 5 unspecified atom stereocenters. The Kier molecular flexibility index (Phi) is 31.6. The quantitative estimate of drug-likeness (QED) is 0.0541. The van der Waals surface area contributed by atoms with E-state index in [4.69, 9.17) is 0 Å². The van der Waals surface area contributed by atoms with Crippen LogP contribution in [0.2, 0.25) is 0 Å². The summed E-state index contributed by atoms with van der Waals surface area (Å²) in [5.41, 5.74) is 0. The molecule has 0 rings (SSSR count). The summed E-state index contributed by atoms with van der Waals surface area (Å²) in [6, 6.07) is 0. The zero-order chi connectivity index (χ0) is 34.4. The van der Waals surface area contributed by atoms with Gasteiger partial charge in [-0.15, -0.1) is 0 Å². The summed E-state index contributed by atoms with van der Waals surface area (Å²) in [5, 5.41) is 54.1. The van der Waals surface area contributed by atoms with Gasteiger partial charge in [0.2, 0.25) is 0 Å². The highest BCUT2D eigenvalue weighted by Crippen LogP contribution is 2.14. The summed E-state index contributed by atoms with van der Waals surface area (Å²) in [7, 11) is 0. The summed E-state index contributed by atoms with van der Waals surface area (Å²) < 4.78 is 0. The molecule has 0 radical (unpaired) electrons. The molecule has 0 saturated carbocycles. The molecule has 0 aliphatic heterocycles. The molecule has 0 aromatic heterocycles. The van der Waals surface area contributed by atoms with Crippen molar-refractivity contribution in [1.82, 2.24) is 20.0 Å². The van der Waals surface area contributed by atoms with E-state index < -0.39 is 24.4 Å². The van der Waals surface area contributed by atoms with Crippen LogP contribution < -0.4 is 5.32 Å². The Morgan fingerprint density at radius 2 is 0.848 bits per heavy atom. The van der Waals surface area contributed by atoms with Gasteiger partial charge in [-0.3, -0.25) is 14.7 Å². The number of rotatable bonds is 35. The van der Waals surface area contributed by atoms with Crippen LogP contribution in [-0.2, 0) is 0 Å². The molecule has 278 valence electrons. The maximum Gasteiger partial charge on any atom is 0.0664 e. The minimum atomic E-state index is -0.466. The molecule has 0 aromatic rings. The van der Waals surface area contributed by atoms with Crippen LogP contribution in [-0.4, -0.2) is 143 Å². The second-order valence-corrected chi connectivity index (χ2v) is 14.2. The van der Waals surface area contributed by atoms with Gasteiger partial charge in [0.05, 0.1) is 30.5 Å². The van der Waals surface area contributed by atoms with Crippen molar-refractivity contribution < 1.29 is 25.5 Å². The standard InChI is InChI=1S/C37H80N4O5/c1-6-8-9-10-11-12-13-14-15-16-17-18-19-20-21-37(46)28-38-22-23-39(24-26-40(29-33(3)42)30-34(4)43)25-27-41(31-35(5)44)32-36(45)7-2/h33-38,42-46H,6-32H2,1-5H3. The molecular weight excluding hydrogens is 580 g/mol. The van der Waals surface area contributed by atoms with Gasteiger partial charge >= 0.3 is 0 Å². The van der Waals surface area contributed by atoms with Crippen LogP contribution in [0, 0.1) is 0 Å². The lowest BCUT2D eigenvalue weighted by Crippen LogP contribution is -2.46. The van der Waals surface area contributed by atoms with Crippen molar-refractivity contribution in [2.75, 3.05) is 72.0 Å². The maximum absolute atomic E-state index is 10.5. The molecule has 0 bridgehead atoms. The molecule has 5 atom stereocenters. The van der Waals surface area contributed by atoms with Crippen LogP contribution in [0.25, 0.3) is 0 Å². The summed E-state index contributed by atoms with van der Waals surface area (Å²) in [6.07, 6.45) is 18.1. The summed E-state index contributed by atoms with van der Waals surface area (Å²) >= 11 is 0. The summed E-state index contributed by atoms with van der Waals surface area (Å²) in [4.78, 5) is 6.59. The normalized spacial score (nSPS) is 15.6.